The number of rotatable bonds is 3. The molecular weight excluding hydrogens is 202 g/mol. The van der Waals surface area contributed by atoms with Crippen LogP contribution >= 0.6 is 0 Å². The molecule has 3 N–H and O–H groups in total. The summed E-state index contributed by atoms with van der Waals surface area (Å²) in [5.41, 5.74) is 5.75. The Morgan fingerprint density at radius 2 is 2.00 bits per heavy atom. The lowest BCUT2D eigenvalue weighted by molar-refractivity contribution is -0.142. The topological polar surface area (TPSA) is 63.3 Å². The first-order valence-electron chi connectivity index (χ1n) is 6.01. The van der Waals surface area contributed by atoms with Crippen LogP contribution in [-0.4, -0.2) is 16.6 Å². The van der Waals surface area contributed by atoms with E-state index in [1.165, 1.54) is 0 Å². The first-order valence-corrected chi connectivity index (χ1v) is 6.01. The highest BCUT2D eigenvalue weighted by Crippen LogP contribution is 2.58. The summed E-state index contributed by atoms with van der Waals surface area (Å²) >= 11 is 0. The highest BCUT2D eigenvalue weighted by molar-refractivity contribution is 5.68. The van der Waals surface area contributed by atoms with Gasteiger partial charge in [0.15, 0.2) is 0 Å². The van der Waals surface area contributed by atoms with Gasteiger partial charge in [0.1, 0.15) is 0 Å². The van der Waals surface area contributed by atoms with Crippen LogP contribution in [0.25, 0.3) is 0 Å². The Kier molecular flexibility index (Phi) is 3.14. The number of carbonyl (C=O) groups is 1. The fourth-order valence-corrected chi connectivity index (χ4v) is 3.72. The van der Waals surface area contributed by atoms with Gasteiger partial charge in [0.25, 0.3) is 0 Å². The van der Waals surface area contributed by atoms with Crippen molar-refractivity contribution in [3.63, 3.8) is 0 Å². The highest BCUT2D eigenvalue weighted by Gasteiger charge is 2.55. The van der Waals surface area contributed by atoms with Crippen molar-refractivity contribution in [2.75, 3.05) is 0 Å². The molecule has 1 rings (SSSR count). The van der Waals surface area contributed by atoms with Crippen LogP contribution in [0.3, 0.4) is 0 Å². The van der Waals surface area contributed by atoms with Gasteiger partial charge < -0.3 is 10.8 Å². The Bertz CT molecular complexity index is 291. The SMILES string of the molecule is CC1CC(C)(C)CC1(CC(=O)O)C(C)(C)N. The Morgan fingerprint density at radius 1 is 1.50 bits per heavy atom. The fourth-order valence-electron chi connectivity index (χ4n) is 3.72. The standard InChI is InChI=1S/C13H25NO2/c1-9-6-11(2,3)8-13(9,7-10(15)16)12(4,5)14/h9H,6-8,14H2,1-5H3,(H,15,16). The smallest absolute Gasteiger partial charge is 0.303 e. The molecule has 3 nitrogen and oxygen atoms in total. The zero-order valence-electron chi connectivity index (χ0n) is 11.1. The molecule has 0 radical (unpaired) electrons. The number of hydrogen-bond donors (Lipinski definition) is 2. The van der Waals surface area contributed by atoms with Crippen LogP contribution in [0.15, 0.2) is 0 Å². The Labute approximate surface area is 98.4 Å². The van der Waals surface area contributed by atoms with Gasteiger partial charge >= 0.3 is 5.97 Å². The number of carboxylic acid groups (broad SMARTS) is 1. The van der Waals surface area contributed by atoms with Gasteiger partial charge in [-0.25, -0.2) is 0 Å². The first-order chi connectivity index (χ1) is 7.00. The van der Waals surface area contributed by atoms with Crippen molar-refractivity contribution < 1.29 is 9.90 Å². The molecule has 0 spiro atoms. The minimum Gasteiger partial charge on any atom is -0.481 e. The maximum Gasteiger partial charge on any atom is 0.303 e. The molecule has 0 saturated heterocycles. The van der Waals surface area contributed by atoms with E-state index >= 15 is 0 Å². The molecule has 0 heterocycles. The molecule has 0 amide bonds. The molecule has 1 saturated carbocycles. The molecule has 3 heteroatoms. The van der Waals surface area contributed by atoms with E-state index in [-0.39, 0.29) is 17.3 Å². The summed E-state index contributed by atoms with van der Waals surface area (Å²) in [6.07, 6.45) is 2.14. The molecule has 1 aliphatic rings. The van der Waals surface area contributed by atoms with Crippen LogP contribution in [0.2, 0.25) is 0 Å². The largest absolute Gasteiger partial charge is 0.481 e. The molecule has 2 atom stereocenters. The molecule has 0 aromatic rings. The zero-order valence-corrected chi connectivity index (χ0v) is 11.1. The lowest BCUT2D eigenvalue weighted by atomic mass is 9.63. The molecule has 1 fully saturated rings. The average molecular weight is 227 g/mol. The van der Waals surface area contributed by atoms with Crippen LogP contribution in [0, 0.1) is 16.7 Å². The maximum absolute atomic E-state index is 11.1. The molecule has 0 bridgehead atoms. The number of carboxylic acids is 1. The second-order valence-electron chi connectivity index (χ2n) is 6.89. The van der Waals surface area contributed by atoms with Crippen molar-refractivity contribution in [3.05, 3.63) is 0 Å². The van der Waals surface area contributed by atoms with Gasteiger partial charge in [0.2, 0.25) is 0 Å². The molecule has 0 aromatic heterocycles. The van der Waals surface area contributed by atoms with Gasteiger partial charge in [-0.3, -0.25) is 4.79 Å². The van der Waals surface area contributed by atoms with E-state index in [2.05, 4.69) is 20.8 Å². The quantitative estimate of drug-likeness (QED) is 0.779. The highest BCUT2D eigenvalue weighted by atomic mass is 16.4. The van der Waals surface area contributed by atoms with Crippen molar-refractivity contribution >= 4 is 5.97 Å². The van der Waals surface area contributed by atoms with Gasteiger partial charge in [-0.15, -0.1) is 0 Å². The van der Waals surface area contributed by atoms with E-state index in [1.807, 2.05) is 13.8 Å². The molecule has 16 heavy (non-hydrogen) atoms. The summed E-state index contributed by atoms with van der Waals surface area (Å²) in [5, 5.41) is 9.13. The van der Waals surface area contributed by atoms with E-state index in [9.17, 15) is 4.79 Å². The van der Waals surface area contributed by atoms with Crippen molar-refractivity contribution in [2.24, 2.45) is 22.5 Å². The molecule has 0 aliphatic heterocycles. The first kappa shape index (κ1) is 13.5. The van der Waals surface area contributed by atoms with Crippen molar-refractivity contribution in [3.8, 4) is 0 Å². The van der Waals surface area contributed by atoms with E-state index in [0.717, 1.165) is 12.8 Å². The Morgan fingerprint density at radius 3 is 2.25 bits per heavy atom. The number of nitrogens with two attached hydrogens (primary N) is 1. The fraction of sp³-hybridized carbons (Fsp3) is 0.923. The van der Waals surface area contributed by atoms with E-state index in [1.54, 1.807) is 0 Å². The van der Waals surface area contributed by atoms with E-state index < -0.39 is 11.5 Å². The van der Waals surface area contributed by atoms with Crippen LogP contribution in [0.5, 0.6) is 0 Å². The summed E-state index contributed by atoms with van der Waals surface area (Å²) in [6.45, 7) is 10.5. The molecular formula is C13H25NO2. The second kappa shape index (κ2) is 3.73. The molecule has 2 unspecified atom stereocenters. The minimum absolute atomic E-state index is 0.182. The van der Waals surface area contributed by atoms with Crippen LogP contribution in [0.1, 0.15) is 53.9 Å². The van der Waals surface area contributed by atoms with E-state index in [4.69, 9.17) is 10.8 Å². The average Bonchev–Trinajstić information content (AvgIpc) is 2.18. The predicted octanol–water partition coefficient (Wildman–Crippen LogP) is 2.64. The van der Waals surface area contributed by atoms with Gasteiger partial charge in [0, 0.05) is 11.0 Å². The summed E-state index contributed by atoms with van der Waals surface area (Å²) in [4.78, 5) is 11.1. The predicted molar refractivity (Wildman–Crippen MR) is 65.1 cm³/mol. The molecule has 0 aromatic carbocycles. The Hall–Kier alpha value is -0.570. The van der Waals surface area contributed by atoms with Crippen LogP contribution in [-0.2, 0) is 4.79 Å². The Balaban J connectivity index is 3.11. The van der Waals surface area contributed by atoms with Crippen LogP contribution < -0.4 is 5.73 Å². The van der Waals surface area contributed by atoms with Crippen molar-refractivity contribution in [1.82, 2.24) is 0 Å². The summed E-state index contributed by atoms with van der Waals surface area (Å²) in [5.74, 6) is -0.373. The van der Waals surface area contributed by atoms with Crippen molar-refractivity contribution in [2.45, 2.75) is 59.4 Å². The summed E-state index contributed by atoms with van der Waals surface area (Å²) in [6, 6.07) is 0. The lowest BCUT2D eigenvalue weighted by Crippen LogP contribution is -2.53. The van der Waals surface area contributed by atoms with Crippen molar-refractivity contribution in [1.29, 1.82) is 0 Å². The molecule has 1 aliphatic carbocycles. The second-order valence-corrected chi connectivity index (χ2v) is 6.89. The summed E-state index contributed by atoms with van der Waals surface area (Å²) < 4.78 is 0. The third-order valence-electron chi connectivity index (χ3n) is 4.35. The molecule has 94 valence electrons. The third-order valence-corrected chi connectivity index (χ3v) is 4.35. The zero-order chi connectivity index (χ0) is 12.8. The van der Waals surface area contributed by atoms with Crippen LogP contribution in [0.4, 0.5) is 0 Å². The monoisotopic (exact) mass is 227 g/mol. The van der Waals surface area contributed by atoms with E-state index in [0.29, 0.717) is 5.92 Å². The third kappa shape index (κ3) is 2.24. The van der Waals surface area contributed by atoms with Gasteiger partial charge in [-0.05, 0) is 38.0 Å². The number of aliphatic carboxylic acids is 1. The van der Waals surface area contributed by atoms with Gasteiger partial charge in [-0.1, -0.05) is 20.8 Å². The maximum atomic E-state index is 11.1. The number of hydrogen-bond acceptors (Lipinski definition) is 2. The minimum atomic E-state index is -0.733. The normalized spacial score (nSPS) is 34.0. The van der Waals surface area contributed by atoms with Gasteiger partial charge in [0.05, 0.1) is 6.42 Å². The van der Waals surface area contributed by atoms with Gasteiger partial charge in [-0.2, -0.15) is 0 Å². The summed E-state index contributed by atoms with van der Waals surface area (Å²) in [7, 11) is 0. The lowest BCUT2D eigenvalue weighted by Gasteiger charge is -2.45.